The molecule has 180 valence electrons. The molecule has 5 nitrogen and oxygen atoms in total. The van der Waals surface area contributed by atoms with Crippen molar-refractivity contribution in [3.8, 4) is 0 Å². The van der Waals surface area contributed by atoms with Gasteiger partial charge >= 0.3 is 5.97 Å². The second kappa shape index (κ2) is 11.6. The maximum absolute atomic E-state index is 12.7. The van der Waals surface area contributed by atoms with Crippen LogP contribution in [0.15, 0.2) is 22.7 Å². The molecule has 0 saturated heterocycles. The summed E-state index contributed by atoms with van der Waals surface area (Å²) in [6.45, 7) is 10.8. The molecule has 0 unspecified atom stereocenters. The lowest BCUT2D eigenvalue weighted by molar-refractivity contribution is -0.143. The SMILES string of the molecule is CCOC(=O)CCc1c(CCC(=O)Cc2ccc(C)cc2C)noc1C1CC(CC(C)C)C1. The van der Waals surface area contributed by atoms with Gasteiger partial charge in [0.25, 0.3) is 0 Å². The minimum atomic E-state index is -0.201. The Morgan fingerprint density at radius 1 is 1.15 bits per heavy atom. The van der Waals surface area contributed by atoms with Crippen LogP contribution in [-0.2, 0) is 33.6 Å². The van der Waals surface area contributed by atoms with E-state index in [4.69, 9.17) is 9.26 Å². The van der Waals surface area contributed by atoms with Crippen molar-refractivity contribution in [1.82, 2.24) is 5.16 Å². The predicted octanol–water partition coefficient (Wildman–Crippen LogP) is 6.07. The van der Waals surface area contributed by atoms with Gasteiger partial charge in [0.15, 0.2) is 0 Å². The van der Waals surface area contributed by atoms with E-state index in [2.05, 4.69) is 45.0 Å². The van der Waals surface area contributed by atoms with Gasteiger partial charge in [-0.3, -0.25) is 9.59 Å². The fourth-order valence-electron chi connectivity index (χ4n) is 5.01. The van der Waals surface area contributed by atoms with E-state index in [0.717, 1.165) is 46.9 Å². The van der Waals surface area contributed by atoms with E-state index in [1.807, 2.05) is 13.0 Å². The smallest absolute Gasteiger partial charge is 0.306 e. The highest BCUT2D eigenvalue weighted by Crippen LogP contribution is 2.46. The van der Waals surface area contributed by atoms with Crippen LogP contribution in [0.2, 0.25) is 0 Å². The maximum atomic E-state index is 12.7. The third kappa shape index (κ3) is 7.02. The third-order valence-corrected chi connectivity index (χ3v) is 6.72. The monoisotopic (exact) mass is 453 g/mol. The Hall–Kier alpha value is -2.43. The van der Waals surface area contributed by atoms with Gasteiger partial charge in [0, 0.05) is 37.2 Å². The second-order valence-corrected chi connectivity index (χ2v) is 10.1. The first-order valence-corrected chi connectivity index (χ1v) is 12.5. The summed E-state index contributed by atoms with van der Waals surface area (Å²) in [7, 11) is 0. The van der Waals surface area contributed by atoms with Crippen molar-refractivity contribution < 1.29 is 18.8 Å². The number of nitrogens with zero attached hydrogens (tertiary/aromatic N) is 1. The average Bonchev–Trinajstić information content (AvgIpc) is 3.11. The first-order valence-electron chi connectivity index (χ1n) is 12.5. The molecule has 1 heterocycles. The molecule has 33 heavy (non-hydrogen) atoms. The number of aryl methyl sites for hydroxylation is 3. The number of Topliss-reactive ketones (excluding diaryl/α,β-unsaturated/α-hetero) is 1. The number of carbonyl (C=O) groups excluding carboxylic acids is 2. The van der Waals surface area contributed by atoms with Crippen LogP contribution < -0.4 is 0 Å². The van der Waals surface area contributed by atoms with Crippen molar-refractivity contribution in [3.05, 3.63) is 51.9 Å². The standard InChI is InChI=1S/C28H39NO4/c1-6-32-27(31)12-10-25-26(29-33-28(25)23-15-21(16-23)13-18(2)3)11-9-24(30)17-22-8-7-19(4)14-20(22)5/h7-8,14,18,21,23H,6,9-13,15-17H2,1-5H3. The first-order chi connectivity index (χ1) is 15.8. The molecule has 0 amide bonds. The Kier molecular flexibility index (Phi) is 8.87. The molecule has 0 atom stereocenters. The summed E-state index contributed by atoms with van der Waals surface area (Å²) in [6.07, 6.45) is 5.75. The molecule has 1 aromatic heterocycles. The van der Waals surface area contributed by atoms with E-state index in [-0.39, 0.29) is 11.8 Å². The van der Waals surface area contributed by atoms with Crippen LogP contribution in [0.3, 0.4) is 0 Å². The van der Waals surface area contributed by atoms with Crippen LogP contribution >= 0.6 is 0 Å². The molecular formula is C28H39NO4. The van der Waals surface area contributed by atoms with Crippen LogP contribution in [-0.4, -0.2) is 23.5 Å². The van der Waals surface area contributed by atoms with Crippen molar-refractivity contribution in [2.75, 3.05) is 6.61 Å². The van der Waals surface area contributed by atoms with Crippen LogP contribution in [0.25, 0.3) is 0 Å². The lowest BCUT2D eigenvalue weighted by Gasteiger charge is -2.35. The summed E-state index contributed by atoms with van der Waals surface area (Å²) >= 11 is 0. The van der Waals surface area contributed by atoms with Gasteiger partial charge in [-0.2, -0.15) is 0 Å². The normalized spacial score (nSPS) is 17.8. The summed E-state index contributed by atoms with van der Waals surface area (Å²) in [5, 5.41) is 4.36. The quantitative estimate of drug-likeness (QED) is 0.365. The number of aromatic nitrogens is 1. The summed E-state index contributed by atoms with van der Waals surface area (Å²) in [5.74, 6) is 2.74. The summed E-state index contributed by atoms with van der Waals surface area (Å²) < 4.78 is 10.9. The highest BCUT2D eigenvalue weighted by Gasteiger charge is 2.35. The van der Waals surface area contributed by atoms with Gasteiger partial charge in [0.2, 0.25) is 0 Å². The zero-order valence-electron chi connectivity index (χ0n) is 20.9. The lowest BCUT2D eigenvalue weighted by atomic mass is 9.69. The van der Waals surface area contributed by atoms with Gasteiger partial charge in [0.05, 0.1) is 12.3 Å². The van der Waals surface area contributed by atoms with Gasteiger partial charge in [-0.25, -0.2) is 0 Å². The molecule has 1 aromatic carbocycles. The summed E-state index contributed by atoms with van der Waals surface area (Å²) in [4.78, 5) is 24.7. The van der Waals surface area contributed by atoms with Crippen LogP contribution in [0, 0.1) is 25.7 Å². The van der Waals surface area contributed by atoms with Crippen molar-refractivity contribution in [3.63, 3.8) is 0 Å². The van der Waals surface area contributed by atoms with E-state index in [1.165, 1.54) is 12.0 Å². The fraction of sp³-hybridized carbons (Fsp3) is 0.607. The molecule has 0 spiro atoms. The van der Waals surface area contributed by atoms with Gasteiger partial charge in [0.1, 0.15) is 11.5 Å². The highest BCUT2D eigenvalue weighted by molar-refractivity contribution is 5.81. The molecule has 0 N–H and O–H groups in total. The number of rotatable bonds is 12. The number of benzene rings is 1. The molecule has 1 fully saturated rings. The zero-order valence-corrected chi connectivity index (χ0v) is 20.9. The predicted molar refractivity (Wildman–Crippen MR) is 129 cm³/mol. The van der Waals surface area contributed by atoms with E-state index in [9.17, 15) is 9.59 Å². The minimum absolute atomic E-state index is 0.198. The van der Waals surface area contributed by atoms with Crippen LogP contribution in [0.5, 0.6) is 0 Å². The molecule has 1 aliphatic rings. The molecule has 0 radical (unpaired) electrons. The van der Waals surface area contributed by atoms with E-state index < -0.39 is 0 Å². The Labute approximate surface area is 198 Å². The zero-order chi connectivity index (χ0) is 24.0. The van der Waals surface area contributed by atoms with Crippen molar-refractivity contribution >= 4 is 11.8 Å². The van der Waals surface area contributed by atoms with Crippen LogP contribution in [0.4, 0.5) is 0 Å². The second-order valence-electron chi connectivity index (χ2n) is 10.1. The minimum Gasteiger partial charge on any atom is -0.466 e. The first kappa shape index (κ1) is 25.2. The molecule has 3 rings (SSSR count). The molecule has 0 bridgehead atoms. The Bertz CT molecular complexity index is 953. The number of esters is 1. The highest BCUT2D eigenvalue weighted by atomic mass is 16.5. The van der Waals surface area contributed by atoms with Crippen molar-refractivity contribution in [2.24, 2.45) is 11.8 Å². The Morgan fingerprint density at radius 2 is 1.91 bits per heavy atom. The van der Waals surface area contributed by atoms with E-state index in [1.54, 1.807) is 0 Å². The maximum Gasteiger partial charge on any atom is 0.306 e. The van der Waals surface area contributed by atoms with E-state index in [0.29, 0.717) is 50.5 Å². The molecule has 5 heteroatoms. The topological polar surface area (TPSA) is 69.4 Å². The third-order valence-electron chi connectivity index (χ3n) is 6.72. The Morgan fingerprint density at radius 3 is 2.58 bits per heavy atom. The van der Waals surface area contributed by atoms with Crippen molar-refractivity contribution in [1.29, 1.82) is 0 Å². The Balaban J connectivity index is 1.65. The van der Waals surface area contributed by atoms with Gasteiger partial charge in [-0.1, -0.05) is 42.8 Å². The van der Waals surface area contributed by atoms with Crippen LogP contribution in [0.1, 0.15) is 92.5 Å². The molecule has 1 aliphatic carbocycles. The molecular weight excluding hydrogens is 414 g/mol. The fourth-order valence-corrected chi connectivity index (χ4v) is 5.01. The number of ketones is 1. The number of ether oxygens (including phenoxy) is 1. The summed E-state index contributed by atoms with van der Waals surface area (Å²) in [5.41, 5.74) is 5.30. The number of hydrogen-bond donors (Lipinski definition) is 0. The molecule has 2 aromatic rings. The van der Waals surface area contributed by atoms with E-state index >= 15 is 0 Å². The van der Waals surface area contributed by atoms with Gasteiger partial charge in [-0.15, -0.1) is 0 Å². The lowest BCUT2D eigenvalue weighted by Crippen LogP contribution is -2.24. The summed E-state index contributed by atoms with van der Waals surface area (Å²) in [6, 6.07) is 6.22. The van der Waals surface area contributed by atoms with Crippen molar-refractivity contribution in [2.45, 2.75) is 91.9 Å². The van der Waals surface area contributed by atoms with Gasteiger partial charge in [-0.05, 0) is 69.4 Å². The largest absolute Gasteiger partial charge is 0.466 e. The average molecular weight is 454 g/mol. The molecule has 0 aliphatic heterocycles. The number of carbonyl (C=O) groups is 2. The number of hydrogen-bond acceptors (Lipinski definition) is 5. The van der Waals surface area contributed by atoms with Gasteiger partial charge < -0.3 is 9.26 Å². The molecule has 1 saturated carbocycles.